The molecule has 0 aliphatic rings. The van der Waals surface area contributed by atoms with Crippen LogP contribution < -0.4 is 14.2 Å². The van der Waals surface area contributed by atoms with Crippen molar-refractivity contribution in [2.45, 2.75) is 13.5 Å². The van der Waals surface area contributed by atoms with E-state index >= 15 is 0 Å². The zero-order valence-electron chi connectivity index (χ0n) is 16.0. The second-order valence-electron chi connectivity index (χ2n) is 6.00. The van der Waals surface area contributed by atoms with E-state index in [4.69, 9.17) is 9.47 Å². The van der Waals surface area contributed by atoms with E-state index in [2.05, 4.69) is 4.74 Å². The molecule has 0 N–H and O–H groups in total. The number of halogens is 2. The SMILES string of the molecule is COc1cc(/C=C/C(=O)N(C)CCOc2ccccc2C)ccc1OC(F)F. The van der Waals surface area contributed by atoms with E-state index in [0.29, 0.717) is 18.7 Å². The highest BCUT2D eigenvalue weighted by molar-refractivity contribution is 5.91. The first-order chi connectivity index (χ1) is 13.4. The number of nitrogens with zero attached hydrogens (tertiary/aromatic N) is 1. The molecule has 2 rings (SSSR count). The topological polar surface area (TPSA) is 48.0 Å². The Balaban J connectivity index is 1.90. The van der Waals surface area contributed by atoms with E-state index in [1.807, 2.05) is 31.2 Å². The minimum absolute atomic E-state index is 0.0635. The molecule has 0 aliphatic carbocycles. The molecule has 7 heteroatoms. The summed E-state index contributed by atoms with van der Waals surface area (Å²) >= 11 is 0. The van der Waals surface area contributed by atoms with Gasteiger partial charge in [-0.2, -0.15) is 8.78 Å². The standard InChI is InChI=1S/C21H23F2NO4/c1-15-6-4-5-7-17(15)27-13-12-24(2)20(25)11-9-16-8-10-18(28-21(22)23)19(14-16)26-3/h4-11,14,21H,12-13H2,1-3H3/b11-9+. The predicted molar refractivity (Wildman–Crippen MR) is 103 cm³/mol. The number of hydrogen-bond donors (Lipinski definition) is 0. The first-order valence-corrected chi connectivity index (χ1v) is 8.65. The van der Waals surface area contributed by atoms with Crippen LogP contribution in [-0.2, 0) is 4.79 Å². The van der Waals surface area contributed by atoms with Gasteiger partial charge in [-0.1, -0.05) is 24.3 Å². The Morgan fingerprint density at radius 1 is 1.14 bits per heavy atom. The Morgan fingerprint density at radius 3 is 2.57 bits per heavy atom. The Morgan fingerprint density at radius 2 is 1.89 bits per heavy atom. The van der Waals surface area contributed by atoms with Gasteiger partial charge in [0.05, 0.1) is 13.7 Å². The van der Waals surface area contributed by atoms with Crippen LogP contribution in [0.25, 0.3) is 6.08 Å². The molecule has 0 bridgehead atoms. The van der Waals surface area contributed by atoms with Crippen molar-refractivity contribution in [1.29, 1.82) is 0 Å². The number of amides is 1. The van der Waals surface area contributed by atoms with Crippen molar-refractivity contribution >= 4 is 12.0 Å². The van der Waals surface area contributed by atoms with Gasteiger partial charge in [0.2, 0.25) is 5.91 Å². The lowest BCUT2D eigenvalue weighted by Gasteiger charge is -2.16. The lowest BCUT2D eigenvalue weighted by Crippen LogP contribution is -2.29. The molecule has 0 saturated heterocycles. The number of para-hydroxylation sites is 1. The molecular formula is C21H23F2NO4. The van der Waals surface area contributed by atoms with E-state index < -0.39 is 6.61 Å². The zero-order chi connectivity index (χ0) is 20.5. The summed E-state index contributed by atoms with van der Waals surface area (Å²) < 4.78 is 39.8. The number of likely N-dealkylation sites (N-methyl/N-ethyl adjacent to an activating group) is 1. The van der Waals surface area contributed by atoms with Crippen molar-refractivity contribution in [3.05, 3.63) is 59.7 Å². The first-order valence-electron chi connectivity index (χ1n) is 8.65. The van der Waals surface area contributed by atoms with Gasteiger partial charge in [0.25, 0.3) is 0 Å². The summed E-state index contributed by atoms with van der Waals surface area (Å²) in [5.74, 6) is 0.679. The van der Waals surface area contributed by atoms with Gasteiger partial charge in [0.15, 0.2) is 11.5 Å². The van der Waals surface area contributed by atoms with Gasteiger partial charge in [0.1, 0.15) is 12.4 Å². The van der Waals surface area contributed by atoms with Crippen molar-refractivity contribution < 1.29 is 27.8 Å². The Hall–Kier alpha value is -3.09. The van der Waals surface area contributed by atoms with Crippen LogP contribution in [0.2, 0.25) is 0 Å². The summed E-state index contributed by atoms with van der Waals surface area (Å²) in [6, 6.07) is 12.1. The van der Waals surface area contributed by atoms with Gasteiger partial charge in [0, 0.05) is 13.1 Å². The van der Waals surface area contributed by atoms with E-state index in [0.717, 1.165) is 11.3 Å². The largest absolute Gasteiger partial charge is 0.493 e. The molecule has 0 heterocycles. The van der Waals surface area contributed by atoms with Gasteiger partial charge >= 0.3 is 6.61 Å². The number of hydrogen-bond acceptors (Lipinski definition) is 4. The van der Waals surface area contributed by atoms with Crippen LogP contribution in [0.5, 0.6) is 17.2 Å². The molecule has 0 aliphatic heterocycles. The maximum Gasteiger partial charge on any atom is 0.387 e. The molecule has 0 radical (unpaired) electrons. The van der Waals surface area contributed by atoms with Crippen LogP contribution in [0.4, 0.5) is 8.78 Å². The molecule has 0 unspecified atom stereocenters. The molecule has 0 spiro atoms. The van der Waals surface area contributed by atoms with Crippen LogP contribution in [0.1, 0.15) is 11.1 Å². The second-order valence-corrected chi connectivity index (χ2v) is 6.00. The predicted octanol–water partition coefficient (Wildman–Crippen LogP) is 4.16. The number of aryl methyl sites for hydroxylation is 1. The maximum atomic E-state index is 12.4. The van der Waals surface area contributed by atoms with Gasteiger partial charge in [-0.25, -0.2) is 0 Å². The van der Waals surface area contributed by atoms with Crippen molar-refractivity contribution in [2.75, 3.05) is 27.3 Å². The highest BCUT2D eigenvalue weighted by Gasteiger charge is 2.11. The number of alkyl halides is 2. The quantitative estimate of drug-likeness (QED) is 0.603. The second kappa shape index (κ2) is 10.3. The molecule has 2 aromatic carbocycles. The van der Waals surface area contributed by atoms with Crippen LogP contribution >= 0.6 is 0 Å². The molecule has 5 nitrogen and oxygen atoms in total. The Labute approximate surface area is 163 Å². The molecule has 1 amide bonds. The lowest BCUT2D eigenvalue weighted by molar-refractivity contribution is -0.125. The third-order valence-electron chi connectivity index (χ3n) is 3.98. The number of rotatable bonds is 9. The fourth-order valence-corrected chi connectivity index (χ4v) is 2.40. The fraction of sp³-hybridized carbons (Fsp3) is 0.286. The van der Waals surface area contributed by atoms with Crippen LogP contribution in [0.15, 0.2) is 48.5 Å². The van der Waals surface area contributed by atoms with Crippen molar-refractivity contribution in [1.82, 2.24) is 4.90 Å². The molecule has 0 atom stereocenters. The lowest BCUT2D eigenvalue weighted by atomic mass is 10.2. The van der Waals surface area contributed by atoms with E-state index in [1.54, 1.807) is 19.2 Å². The summed E-state index contributed by atoms with van der Waals surface area (Å²) in [6.45, 7) is -0.192. The zero-order valence-corrected chi connectivity index (χ0v) is 16.0. The number of ether oxygens (including phenoxy) is 3. The summed E-state index contributed by atoms with van der Waals surface area (Å²) in [7, 11) is 3.03. The molecule has 0 aromatic heterocycles. The number of carbonyl (C=O) groups is 1. The van der Waals surface area contributed by atoms with Gasteiger partial charge in [-0.15, -0.1) is 0 Å². The van der Waals surface area contributed by atoms with Crippen molar-refractivity contribution in [3.63, 3.8) is 0 Å². The molecular weight excluding hydrogens is 368 g/mol. The normalized spacial score (nSPS) is 10.9. The van der Waals surface area contributed by atoms with E-state index in [9.17, 15) is 13.6 Å². The number of methoxy groups -OCH3 is 1. The monoisotopic (exact) mass is 391 g/mol. The molecule has 150 valence electrons. The van der Waals surface area contributed by atoms with Crippen LogP contribution in [0, 0.1) is 6.92 Å². The summed E-state index contributed by atoms with van der Waals surface area (Å²) in [5, 5.41) is 0. The maximum absolute atomic E-state index is 12.4. The fourth-order valence-electron chi connectivity index (χ4n) is 2.40. The smallest absolute Gasteiger partial charge is 0.387 e. The third kappa shape index (κ3) is 6.26. The van der Waals surface area contributed by atoms with Gasteiger partial charge < -0.3 is 19.1 Å². The van der Waals surface area contributed by atoms with E-state index in [1.165, 1.54) is 30.2 Å². The van der Waals surface area contributed by atoms with E-state index in [-0.39, 0.29) is 17.4 Å². The van der Waals surface area contributed by atoms with Crippen LogP contribution in [0.3, 0.4) is 0 Å². The van der Waals surface area contributed by atoms with Crippen molar-refractivity contribution in [2.24, 2.45) is 0 Å². The van der Waals surface area contributed by atoms with Gasteiger partial charge in [-0.3, -0.25) is 4.79 Å². The first kappa shape index (κ1) is 21.2. The minimum Gasteiger partial charge on any atom is -0.493 e. The Bertz CT molecular complexity index is 824. The molecule has 0 fully saturated rings. The summed E-state index contributed by atoms with van der Waals surface area (Å²) in [4.78, 5) is 13.7. The highest BCUT2D eigenvalue weighted by atomic mass is 19.3. The molecule has 0 saturated carbocycles. The Kier molecular flexibility index (Phi) is 7.80. The highest BCUT2D eigenvalue weighted by Crippen LogP contribution is 2.29. The number of carbonyl (C=O) groups excluding carboxylic acids is 1. The third-order valence-corrected chi connectivity index (χ3v) is 3.98. The average Bonchev–Trinajstić information content (AvgIpc) is 2.67. The van der Waals surface area contributed by atoms with Crippen LogP contribution in [-0.4, -0.2) is 44.7 Å². The average molecular weight is 391 g/mol. The molecule has 28 heavy (non-hydrogen) atoms. The molecule has 2 aromatic rings. The van der Waals surface area contributed by atoms with Gasteiger partial charge in [-0.05, 0) is 42.3 Å². The van der Waals surface area contributed by atoms with Crippen molar-refractivity contribution in [3.8, 4) is 17.2 Å². The summed E-state index contributed by atoms with van der Waals surface area (Å²) in [6.07, 6.45) is 2.98. The minimum atomic E-state index is -2.94. The number of benzene rings is 2. The summed E-state index contributed by atoms with van der Waals surface area (Å²) in [5.41, 5.74) is 1.65.